The number of fused-ring (bicyclic) bond motifs is 1. The quantitative estimate of drug-likeness (QED) is 0.881. The second kappa shape index (κ2) is 5.38. The minimum absolute atomic E-state index is 0.0542. The molecule has 0 saturated carbocycles. The van der Waals surface area contributed by atoms with Gasteiger partial charge in [-0.3, -0.25) is 14.0 Å². The molecule has 8 nitrogen and oxygen atoms in total. The first-order valence-electron chi connectivity index (χ1n) is 6.98. The normalized spacial score (nSPS) is 16.0. The maximum Gasteiger partial charge on any atom is 0.280 e. The molecule has 0 spiro atoms. The first-order valence-corrected chi connectivity index (χ1v) is 8.42. The summed E-state index contributed by atoms with van der Waals surface area (Å²) in [7, 11) is -1.30. The molecule has 0 unspecified atom stereocenters. The van der Waals surface area contributed by atoms with Crippen molar-refractivity contribution in [2.45, 2.75) is 11.8 Å². The van der Waals surface area contributed by atoms with Gasteiger partial charge in [-0.25, -0.2) is 8.42 Å². The van der Waals surface area contributed by atoms with E-state index in [-0.39, 0.29) is 22.0 Å². The zero-order valence-corrected chi connectivity index (χ0v) is 14.0. The molecule has 1 aliphatic heterocycles. The molecule has 0 radical (unpaired) electrons. The molecule has 0 atom stereocenters. The Balaban J connectivity index is 2.14. The fourth-order valence-electron chi connectivity index (χ4n) is 2.44. The number of aliphatic hydroxyl groups is 1. The van der Waals surface area contributed by atoms with Gasteiger partial charge in [-0.2, -0.15) is 0 Å². The standard InChI is InChI=1S/C15H15N3O5S/c1-9-8-12(16-23-9)17(2)15(20)13-14(19)10-6-4-5-7-11(10)24(21,22)18(13)3/h4-8,19H,1-3H3. The summed E-state index contributed by atoms with van der Waals surface area (Å²) in [4.78, 5) is 13.8. The van der Waals surface area contributed by atoms with Crippen molar-refractivity contribution in [1.29, 1.82) is 0 Å². The number of rotatable bonds is 2. The lowest BCUT2D eigenvalue weighted by Crippen LogP contribution is -2.40. The van der Waals surface area contributed by atoms with Gasteiger partial charge in [0.15, 0.2) is 17.3 Å². The summed E-state index contributed by atoms with van der Waals surface area (Å²) >= 11 is 0. The summed E-state index contributed by atoms with van der Waals surface area (Å²) < 4.78 is 30.9. The Morgan fingerprint density at radius 3 is 2.62 bits per heavy atom. The van der Waals surface area contributed by atoms with E-state index in [0.29, 0.717) is 5.76 Å². The van der Waals surface area contributed by atoms with Crippen molar-refractivity contribution >= 4 is 27.5 Å². The number of carbonyl (C=O) groups is 1. The van der Waals surface area contributed by atoms with E-state index in [9.17, 15) is 18.3 Å². The second-order valence-electron chi connectivity index (χ2n) is 5.33. The monoisotopic (exact) mass is 349 g/mol. The number of carbonyl (C=O) groups excluding carboxylic acids is 1. The third kappa shape index (κ3) is 2.24. The van der Waals surface area contributed by atoms with Crippen LogP contribution in [0.5, 0.6) is 0 Å². The minimum atomic E-state index is -3.93. The van der Waals surface area contributed by atoms with Crippen LogP contribution in [-0.2, 0) is 14.8 Å². The van der Waals surface area contributed by atoms with Crippen molar-refractivity contribution in [2.24, 2.45) is 0 Å². The summed E-state index contributed by atoms with van der Waals surface area (Å²) in [6.45, 7) is 1.67. The first kappa shape index (κ1) is 16.1. The van der Waals surface area contributed by atoms with Crippen LogP contribution in [0.25, 0.3) is 5.76 Å². The molecule has 126 valence electrons. The number of hydrogen-bond acceptors (Lipinski definition) is 6. The summed E-state index contributed by atoms with van der Waals surface area (Å²) in [5.41, 5.74) is -0.263. The number of hydrogen-bond donors (Lipinski definition) is 1. The number of anilines is 1. The van der Waals surface area contributed by atoms with E-state index in [4.69, 9.17) is 4.52 Å². The number of aromatic nitrogens is 1. The number of benzene rings is 1. The molecule has 1 aromatic carbocycles. The van der Waals surface area contributed by atoms with Crippen molar-refractivity contribution in [2.75, 3.05) is 19.0 Å². The van der Waals surface area contributed by atoms with Crippen LogP contribution in [0.15, 0.2) is 45.4 Å². The molecule has 1 amide bonds. The zero-order chi connectivity index (χ0) is 17.6. The van der Waals surface area contributed by atoms with Gasteiger partial charge in [-0.1, -0.05) is 17.3 Å². The molecule has 1 aliphatic rings. The average molecular weight is 349 g/mol. The fraction of sp³-hybridized carbons (Fsp3) is 0.200. The molecule has 0 aliphatic carbocycles. The lowest BCUT2D eigenvalue weighted by Gasteiger charge is -2.30. The minimum Gasteiger partial charge on any atom is -0.505 e. The zero-order valence-electron chi connectivity index (χ0n) is 13.2. The molecule has 1 N–H and O–H groups in total. The molecule has 1 aromatic heterocycles. The smallest absolute Gasteiger partial charge is 0.280 e. The molecule has 2 aromatic rings. The Kier molecular flexibility index (Phi) is 3.60. The summed E-state index contributed by atoms with van der Waals surface area (Å²) in [6, 6.07) is 7.49. The predicted molar refractivity (Wildman–Crippen MR) is 85.6 cm³/mol. The van der Waals surface area contributed by atoms with E-state index in [0.717, 1.165) is 9.21 Å². The molecule has 3 rings (SSSR count). The van der Waals surface area contributed by atoms with Gasteiger partial charge in [0.25, 0.3) is 15.9 Å². The van der Waals surface area contributed by atoms with Crippen LogP contribution in [0, 0.1) is 6.92 Å². The van der Waals surface area contributed by atoms with Crippen molar-refractivity contribution in [3.63, 3.8) is 0 Å². The molecule has 9 heteroatoms. The van der Waals surface area contributed by atoms with Crippen LogP contribution in [0.4, 0.5) is 5.82 Å². The highest BCUT2D eigenvalue weighted by molar-refractivity contribution is 7.89. The third-order valence-electron chi connectivity index (χ3n) is 3.79. The van der Waals surface area contributed by atoms with E-state index in [1.165, 1.54) is 32.3 Å². The molecule has 0 saturated heterocycles. The van der Waals surface area contributed by atoms with Crippen molar-refractivity contribution < 1.29 is 22.8 Å². The predicted octanol–water partition coefficient (Wildman–Crippen LogP) is 1.51. The number of aryl methyl sites for hydroxylation is 1. The highest BCUT2D eigenvalue weighted by Gasteiger charge is 2.39. The molecule has 0 fully saturated rings. The van der Waals surface area contributed by atoms with E-state index >= 15 is 0 Å². The van der Waals surface area contributed by atoms with Gasteiger partial charge in [0.05, 0.1) is 4.90 Å². The number of nitrogens with zero attached hydrogens (tertiary/aromatic N) is 3. The van der Waals surface area contributed by atoms with Crippen LogP contribution in [-0.4, -0.2) is 43.0 Å². The second-order valence-corrected chi connectivity index (χ2v) is 7.26. The van der Waals surface area contributed by atoms with Crippen LogP contribution >= 0.6 is 0 Å². The molecule has 0 bridgehead atoms. The van der Waals surface area contributed by atoms with E-state index in [2.05, 4.69) is 5.16 Å². The topological polar surface area (TPSA) is 104 Å². The van der Waals surface area contributed by atoms with Crippen LogP contribution in [0.3, 0.4) is 0 Å². The van der Waals surface area contributed by atoms with Gasteiger partial charge < -0.3 is 9.63 Å². The van der Waals surface area contributed by atoms with Gasteiger partial charge in [0, 0.05) is 25.7 Å². The van der Waals surface area contributed by atoms with Crippen molar-refractivity contribution in [3.05, 3.63) is 47.4 Å². The number of sulfonamides is 1. The average Bonchev–Trinajstić information content (AvgIpc) is 2.99. The number of likely N-dealkylation sites (N-methyl/N-ethyl adjacent to an activating group) is 2. The maximum absolute atomic E-state index is 12.7. The van der Waals surface area contributed by atoms with E-state index in [1.807, 2.05) is 0 Å². The highest BCUT2D eigenvalue weighted by Crippen LogP contribution is 2.35. The van der Waals surface area contributed by atoms with Crippen molar-refractivity contribution in [3.8, 4) is 0 Å². The Labute approximate surface area is 138 Å². The van der Waals surface area contributed by atoms with E-state index < -0.39 is 21.7 Å². The largest absolute Gasteiger partial charge is 0.505 e. The highest BCUT2D eigenvalue weighted by atomic mass is 32.2. The Morgan fingerprint density at radius 2 is 2.00 bits per heavy atom. The van der Waals surface area contributed by atoms with Crippen LogP contribution in [0.2, 0.25) is 0 Å². The third-order valence-corrected chi connectivity index (χ3v) is 5.60. The Hall–Kier alpha value is -2.81. The van der Waals surface area contributed by atoms with Crippen LogP contribution < -0.4 is 4.90 Å². The molecule has 24 heavy (non-hydrogen) atoms. The first-order chi connectivity index (χ1) is 11.2. The molecular weight excluding hydrogens is 334 g/mol. The molecule has 2 heterocycles. The summed E-state index contributed by atoms with van der Waals surface area (Å²) in [5, 5.41) is 14.2. The van der Waals surface area contributed by atoms with E-state index in [1.54, 1.807) is 19.1 Å². The fourth-order valence-corrected chi connectivity index (χ4v) is 3.83. The summed E-state index contributed by atoms with van der Waals surface area (Å²) in [5.74, 6) is -0.415. The summed E-state index contributed by atoms with van der Waals surface area (Å²) in [6.07, 6.45) is 0. The van der Waals surface area contributed by atoms with Gasteiger partial charge in [0.1, 0.15) is 5.76 Å². The van der Waals surface area contributed by atoms with Gasteiger partial charge >= 0.3 is 0 Å². The lowest BCUT2D eigenvalue weighted by molar-refractivity contribution is -0.115. The van der Waals surface area contributed by atoms with Gasteiger partial charge in [0.2, 0.25) is 0 Å². The number of amides is 1. The SMILES string of the molecule is Cc1cc(N(C)C(=O)C2=C(O)c3ccccc3S(=O)(=O)N2C)no1. The maximum atomic E-state index is 12.7. The molecular formula is C15H15N3O5S. The van der Waals surface area contributed by atoms with Gasteiger partial charge in [-0.15, -0.1) is 0 Å². The Morgan fingerprint density at radius 1 is 1.33 bits per heavy atom. The van der Waals surface area contributed by atoms with Crippen LogP contribution in [0.1, 0.15) is 11.3 Å². The van der Waals surface area contributed by atoms with Gasteiger partial charge in [-0.05, 0) is 19.1 Å². The van der Waals surface area contributed by atoms with Crippen molar-refractivity contribution in [1.82, 2.24) is 9.46 Å². The Bertz CT molecular complexity index is 961. The number of aliphatic hydroxyl groups excluding tert-OH is 1. The lowest BCUT2D eigenvalue weighted by atomic mass is 10.1.